The van der Waals surface area contributed by atoms with E-state index >= 15 is 0 Å². The molecule has 0 aliphatic rings. The van der Waals surface area contributed by atoms with E-state index in [0.717, 1.165) is 5.56 Å². The maximum Gasteiger partial charge on any atom is 0.339 e. The number of nitro groups is 1. The van der Waals surface area contributed by atoms with Gasteiger partial charge in [0.15, 0.2) is 0 Å². The molecule has 0 aliphatic carbocycles. The van der Waals surface area contributed by atoms with Crippen molar-refractivity contribution in [1.29, 1.82) is 0 Å². The van der Waals surface area contributed by atoms with E-state index in [1.165, 1.54) is 24.4 Å². The summed E-state index contributed by atoms with van der Waals surface area (Å²) in [5.41, 5.74) is 0.959. The second kappa shape index (κ2) is 5.58. The molecule has 21 heavy (non-hydrogen) atoms. The third-order valence-electron chi connectivity index (χ3n) is 2.74. The molecule has 2 rings (SSSR count). The van der Waals surface area contributed by atoms with Crippen molar-refractivity contribution in [2.24, 2.45) is 0 Å². The van der Waals surface area contributed by atoms with Crippen molar-refractivity contribution < 1.29 is 19.6 Å². The number of pyridine rings is 1. The Balaban J connectivity index is 2.48. The first kappa shape index (κ1) is 14.4. The number of carboxylic acid groups (broad SMARTS) is 1. The summed E-state index contributed by atoms with van der Waals surface area (Å²) in [4.78, 5) is 25.4. The van der Waals surface area contributed by atoms with Gasteiger partial charge in [0.05, 0.1) is 4.92 Å². The van der Waals surface area contributed by atoms with Gasteiger partial charge in [-0.2, -0.15) is 0 Å². The van der Waals surface area contributed by atoms with Crippen molar-refractivity contribution in [3.05, 3.63) is 57.3 Å². The Morgan fingerprint density at radius 3 is 2.62 bits per heavy atom. The molecule has 0 fully saturated rings. The van der Waals surface area contributed by atoms with Crippen LogP contribution in [0.15, 0.2) is 30.5 Å². The van der Waals surface area contributed by atoms with E-state index in [2.05, 4.69) is 4.98 Å². The average molecular weight is 288 g/mol. The fraction of sp³-hybridized carbons (Fsp3) is 0.143. The Labute approximate surface area is 120 Å². The van der Waals surface area contributed by atoms with E-state index in [0.29, 0.717) is 5.56 Å². The maximum atomic E-state index is 11.2. The van der Waals surface area contributed by atoms with Crippen molar-refractivity contribution in [3.63, 3.8) is 0 Å². The number of ether oxygens (including phenoxy) is 1. The molecular formula is C14H12N2O5. The molecule has 0 radical (unpaired) electrons. The summed E-state index contributed by atoms with van der Waals surface area (Å²) in [5, 5.41) is 20.2. The fourth-order valence-electron chi connectivity index (χ4n) is 1.75. The van der Waals surface area contributed by atoms with Crippen LogP contribution >= 0.6 is 0 Å². The lowest BCUT2D eigenvalue weighted by Crippen LogP contribution is -2.03. The minimum Gasteiger partial charge on any atom is -0.478 e. The van der Waals surface area contributed by atoms with E-state index in [-0.39, 0.29) is 22.9 Å². The van der Waals surface area contributed by atoms with Gasteiger partial charge >= 0.3 is 11.7 Å². The van der Waals surface area contributed by atoms with E-state index in [9.17, 15) is 14.9 Å². The van der Waals surface area contributed by atoms with Gasteiger partial charge in [-0.1, -0.05) is 11.6 Å². The highest BCUT2D eigenvalue weighted by Gasteiger charge is 2.20. The lowest BCUT2D eigenvalue weighted by Gasteiger charge is -2.09. The first-order valence-electron chi connectivity index (χ1n) is 6.01. The lowest BCUT2D eigenvalue weighted by atomic mass is 10.1. The molecule has 108 valence electrons. The summed E-state index contributed by atoms with van der Waals surface area (Å²) in [6.07, 6.45) is 1.41. The Kier molecular flexibility index (Phi) is 3.84. The Hall–Kier alpha value is -2.96. The van der Waals surface area contributed by atoms with Crippen LogP contribution in [0, 0.1) is 24.0 Å². The van der Waals surface area contributed by atoms with Crippen LogP contribution in [0.5, 0.6) is 11.6 Å². The number of rotatable bonds is 4. The van der Waals surface area contributed by atoms with Crippen molar-refractivity contribution in [1.82, 2.24) is 4.98 Å². The molecule has 0 saturated carbocycles. The molecule has 0 bridgehead atoms. The number of aromatic nitrogens is 1. The molecule has 7 heteroatoms. The van der Waals surface area contributed by atoms with Gasteiger partial charge in [0, 0.05) is 12.3 Å². The van der Waals surface area contributed by atoms with E-state index in [4.69, 9.17) is 9.84 Å². The number of benzene rings is 1. The van der Waals surface area contributed by atoms with Crippen LogP contribution in [0.1, 0.15) is 21.5 Å². The zero-order valence-corrected chi connectivity index (χ0v) is 11.4. The predicted molar refractivity (Wildman–Crippen MR) is 73.8 cm³/mol. The van der Waals surface area contributed by atoms with Crippen LogP contribution in [0.3, 0.4) is 0 Å². The van der Waals surface area contributed by atoms with Crippen LogP contribution in [0.25, 0.3) is 0 Å². The van der Waals surface area contributed by atoms with Crippen LogP contribution in [0.2, 0.25) is 0 Å². The lowest BCUT2D eigenvalue weighted by molar-refractivity contribution is -0.386. The van der Waals surface area contributed by atoms with E-state index in [1.54, 1.807) is 19.9 Å². The fourth-order valence-corrected chi connectivity index (χ4v) is 1.75. The number of aromatic carboxylic acids is 1. The molecule has 0 unspecified atom stereocenters. The van der Waals surface area contributed by atoms with Gasteiger partial charge in [-0.25, -0.2) is 9.78 Å². The first-order chi connectivity index (χ1) is 9.88. The van der Waals surface area contributed by atoms with Gasteiger partial charge in [-0.3, -0.25) is 10.1 Å². The Morgan fingerprint density at radius 1 is 1.29 bits per heavy atom. The number of nitrogens with zero attached hydrogens (tertiary/aromatic N) is 2. The molecule has 2 aromatic rings. The highest BCUT2D eigenvalue weighted by molar-refractivity contribution is 5.91. The second-order valence-corrected chi connectivity index (χ2v) is 4.50. The van der Waals surface area contributed by atoms with Crippen molar-refractivity contribution in [2.75, 3.05) is 0 Å². The molecule has 0 amide bonds. The van der Waals surface area contributed by atoms with Gasteiger partial charge in [0.1, 0.15) is 11.3 Å². The largest absolute Gasteiger partial charge is 0.478 e. The third-order valence-corrected chi connectivity index (χ3v) is 2.74. The number of carbonyl (C=O) groups is 1. The SMILES string of the molecule is Cc1ccc(Oc2ncc(C)cc2[N+](=O)[O-])c(C(=O)O)c1. The van der Waals surface area contributed by atoms with Crippen molar-refractivity contribution >= 4 is 11.7 Å². The zero-order valence-electron chi connectivity index (χ0n) is 11.4. The second-order valence-electron chi connectivity index (χ2n) is 4.50. The van der Waals surface area contributed by atoms with E-state index < -0.39 is 10.9 Å². The molecule has 0 saturated heterocycles. The summed E-state index contributed by atoms with van der Waals surface area (Å²) in [5.74, 6) is -1.41. The highest BCUT2D eigenvalue weighted by Crippen LogP contribution is 2.31. The molecule has 1 N–H and O–H groups in total. The standard InChI is InChI=1S/C14H12N2O5/c1-8-3-4-12(10(5-8)14(17)18)21-13-11(16(19)20)6-9(2)7-15-13/h3-7H,1-2H3,(H,17,18). The molecule has 1 heterocycles. The summed E-state index contributed by atoms with van der Waals surface area (Å²) in [7, 11) is 0. The molecule has 0 spiro atoms. The maximum absolute atomic E-state index is 11.2. The summed E-state index contributed by atoms with van der Waals surface area (Å²) < 4.78 is 5.34. The van der Waals surface area contributed by atoms with Crippen molar-refractivity contribution in [2.45, 2.75) is 13.8 Å². The van der Waals surface area contributed by atoms with Crippen LogP contribution in [0.4, 0.5) is 5.69 Å². The summed E-state index contributed by atoms with van der Waals surface area (Å²) in [6.45, 7) is 3.40. The van der Waals surface area contributed by atoms with Crippen LogP contribution in [-0.2, 0) is 0 Å². The minimum atomic E-state index is -1.18. The quantitative estimate of drug-likeness (QED) is 0.685. The minimum absolute atomic E-state index is 0.00699. The van der Waals surface area contributed by atoms with Gasteiger partial charge in [0.25, 0.3) is 5.88 Å². The van der Waals surface area contributed by atoms with Gasteiger partial charge in [0.2, 0.25) is 0 Å². The van der Waals surface area contributed by atoms with Gasteiger partial charge in [-0.05, 0) is 31.5 Å². The summed E-state index contributed by atoms with van der Waals surface area (Å²) in [6, 6.07) is 5.85. The van der Waals surface area contributed by atoms with Gasteiger partial charge < -0.3 is 9.84 Å². The molecular weight excluding hydrogens is 276 g/mol. The Bertz CT molecular complexity index is 666. The topological polar surface area (TPSA) is 103 Å². The normalized spacial score (nSPS) is 10.2. The number of carboxylic acids is 1. The molecule has 0 atom stereocenters. The van der Waals surface area contributed by atoms with Crippen LogP contribution < -0.4 is 4.74 Å². The number of aryl methyl sites for hydroxylation is 2. The predicted octanol–water partition coefficient (Wildman–Crippen LogP) is 3.10. The van der Waals surface area contributed by atoms with Crippen molar-refractivity contribution in [3.8, 4) is 11.6 Å². The monoisotopic (exact) mass is 288 g/mol. The highest BCUT2D eigenvalue weighted by atomic mass is 16.6. The third kappa shape index (κ3) is 3.14. The number of hydrogen-bond acceptors (Lipinski definition) is 5. The molecule has 7 nitrogen and oxygen atoms in total. The van der Waals surface area contributed by atoms with Gasteiger partial charge in [-0.15, -0.1) is 0 Å². The van der Waals surface area contributed by atoms with E-state index in [1.807, 2.05) is 0 Å². The molecule has 1 aromatic heterocycles. The smallest absolute Gasteiger partial charge is 0.339 e. The summed E-state index contributed by atoms with van der Waals surface area (Å²) >= 11 is 0. The molecule has 0 aliphatic heterocycles. The average Bonchev–Trinajstić information content (AvgIpc) is 2.42. The number of hydrogen-bond donors (Lipinski definition) is 1. The zero-order chi connectivity index (χ0) is 15.6. The molecule has 1 aromatic carbocycles. The first-order valence-corrected chi connectivity index (χ1v) is 6.01. The Morgan fingerprint density at radius 2 is 2.00 bits per heavy atom. The van der Waals surface area contributed by atoms with Crippen LogP contribution in [-0.4, -0.2) is 21.0 Å².